The van der Waals surface area contributed by atoms with Crippen molar-refractivity contribution in [1.29, 1.82) is 0 Å². The highest BCUT2D eigenvalue weighted by Gasteiger charge is 2.17. The number of aryl methyl sites for hydroxylation is 3. The first kappa shape index (κ1) is 21.5. The highest BCUT2D eigenvalue weighted by molar-refractivity contribution is 6.30. The second kappa shape index (κ2) is 9.53. The molecule has 0 aliphatic carbocycles. The summed E-state index contributed by atoms with van der Waals surface area (Å²) in [6, 6.07) is 10.5. The van der Waals surface area contributed by atoms with Crippen LogP contribution in [0, 0.1) is 0 Å². The van der Waals surface area contributed by atoms with Gasteiger partial charge in [0.2, 0.25) is 5.95 Å². The lowest BCUT2D eigenvalue weighted by Gasteiger charge is -2.25. The van der Waals surface area contributed by atoms with Crippen LogP contribution in [-0.4, -0.2) is 22.6 Å². The molecule has 0 amide bonds. The third-order valence-electron chi connectivity index (χ3n) is 5.47. The molecule has 0 unspecified atom stereocenters. The lowest BCUT2D eigenvalue weighted by Crippen LogP contribution is -2.25. The van der Waals surface area contributed by atoms with Gasteiger partial charge in [0, 0.05) is 30.8 Å². The third kappa shape index (κ3) is 4.37. The molecule has 29 heavy (non-hydrogen) atoms. The average molecular weight is 413 g/mol. The molecule has 156 valence electrons. The Hall–Kier alpha value is -2.20. The lowest BCUT2D eigenvalue weighted by atomic mass is 10.0. The maximum absolute atomic E-state index is 6.34. The summed E-state index contributed by atoms with van der Waals surface area (Å²) in [7, 11) is 2.10. The zero-order valence-corrected chi connectivity index (χ0v) is 19.1. The number of hydrogen-bond donors (Lipinski definition) is 1. The van der Waals surface area contributed by atoms with Crippen molar-refractivity contribution in [2.45, 2.75) is 53.4 Å². The minimum Gasteiger partial charge on any atom is -0.370 e. The molecule has 5 heteroatoms. The molecule has 1 aromatic heterocycles. The summed E-state index contributed by atoms with van der Waals surface area (Å²) >= 11 is 6.34. The molecule has 0 aliphatic heterocycles. The fraction of sp³-hybridized carbons (Fsp3) is 0.458. The Morgan fingerprint density at radius 2 is 1.62 bits per heavy atom. The van der Waals surface area contributed by atoms with Gasteiger partial charge in [-0.25, -0.2) is 4.98 Å². The number of nitrogens with one attached hydrogen (secondary N) is 1. The van der Waals surface area contributed by atoms with E-state index in [0.717, 1.165) is 60.9 Å². The van der Waals surface area contributed by atoms with Crippen LogP contribution in [0.1, 0.15) is 51.7 Å². The quantitative estimate of drug-likeness (QED) is 0.423. The maximum Gasteiger partial charge on any atom is 0.208 e. The van der Waals surface area contributed by atoms with Crippen LogP contribution in [0.4, 0.5) is 17.3 Å². The second-order valence-electron chi connectivity index (χ2n) is 7.56. The van der Waals surface area contributed by atoms with Crippen molar-refractivity contribution < 1.29 is 0 Å². The van der Waals surface area contributed by atoms with Gasteiger partial charge in [0.15, 0.2) is 0 Å². The fourth-order valence-electron chi connectivity index (χ4n) is 4.06. The number of benzene rings is 2. The predicted molar refractivity (Wildman–Crippen MR) is 127 cm³/mol. The number of halogens is 1. The summed E-state index contributed by atoms with van der Waals surface area (Å²) in [5.41, 5.74) is 7.05. The van der Waals surface area contributed by atoms with Crippen LogP contribution in [0.2, 0.25) is 5.02 Å². The molecule has 1 N–H and O–H groups in total. The molecular formula is C24H33ClN4. The molecule has 0 atom stereocenters. The minimum absolute atomic E-state index is 0.798. The van der Waals surface area contributed by atoms with Gasteiger partial charge in [0.25, 0.3) is 0 Å². The van der Waals surface area contributed by atoms with Crippen molar-refractivity contribution in [3.05, 3.63) is 46.5 Å². The lowest BCUT2D eigenvalue weighted by molar-refractivity contribution is 0.745. The van der Waals surface area contributed by atoms with Crippen molar-refractivity contribution in [3.63, 3.8) is 0 Å². The molecule has 3 aromatic rings. The maximum atomic E-state index is 6.34. The molecule has 2 aromatic carbocycles. The predicted octanol–water partition coefficient (Wildman–Crippen LogP) is 6.72. The molecule has 0 saturated heterocycles. The van der Waals surface area contributed by atoms with Crippen LogP contribution in [0.3, 0.4) is 0 Å². The van der Waals surface area contributed by atoms with Crippen molar-refractivity contribution >= 4 is 40.0 Å². The van der Waals surface area contributed by atoms with E-state index in [1.165, 1.54) is 22.3 Å². The molecule has 3 rings (SSSR count). The second-order valence-corrected chi connectivity index (χ2v) is 7.99. The first-order valence-corrected chi connectivity index (χ1v) is 11.2. The normalized spacial score (nSPS) is 11.2. The summed E-state index contributed by atoms with van der Waals surface area (Å²) in [5.74, 6) is 0.868. The van der Waals surface area contributed by atoms with Crippen molar-refractivity contribution in [3.8, 4) is 0 Å². The zero-order chi connectivity index (χ0) is 21.0. The number of rotatable bonds is 9. The SMILES string of the molecule is CCCN(CCC)c1cccc2nc(Nc3c(CC)cc(Cl)cc3CC)n(C)c12. The van der Waals surface area contributed by atoms with E-state index in [0.29, 0.717) is 0 Å². The van der Waals surface area contributed by atoms with Gasteiger partial charge in [0.1, 0.15) is 0 Å². The van der Waals surface area contributed by atoms with Crippen LogP contribution in [-0.2, 0) is 19.9 Å². The Labute approximate surface area is 179 Å². The van der Waals surface area contributed by atoms with Gasteiger partial charge >= 0.3 is 0 Å². The standard InChI is InChI=1S/C24H33ClN4/c1-6-13-29(14-7-2)21-12-10-11-20-23(21)28(5)24(26-20)27-22-17(8-3)15-19(25)16-18(22)9-4/h10-12,15-16H,6-9,13-14H2,1-5H3,(H,26,27). The topological polar surface area (TPSA) is 33.1 Å². The molecule has 0 bridgehead atoms. The number of hydrogen-bond acceptors (Lipinski definition) is 3. The number of anilines is 3. The van der Waals surface area contributed by atoms with E-state index in [1.807, 2.05) is 0 Å². The number of aromatic nitrogens is 2. The van der Waals surface area contributed by atoms with Gasteiger partial charge in [-0.2, -0.15) is 0 Å². The number of imidazole rings is 1. The van der Waals surface area contributed by atoms with Crippen LogP contribution < -0.4 is 10.2 Å². The summed E-state index contributed by atoms with van der Waals surface area (Å²) in [5, 5.41) is 4.43. The molecule has 1 heterocycles. The highest BCUT2D eigenvalue weighted by Crippen LogP contribution is 2.33. The Morgan fingerprint density at radius 3 is 2.17 bits per heavy atom. The Bertz CT molecular complexity index is 945. The van der Waals surface area contributed by atoms with Crippen molar-refractivity contribution in [2.24, 2.45) is 7.05 Å². The summed E-state index contributed by atoms with van der Waals surface area (Å²) < 4.78 is 2.19. The fourth-order valence-corrected chi connectivity index (χ4v) is 4.33. The molecule has 0 aliphatic rings. The van der Waals surface area contributed by atoms with Gasteiger partial charge in [-0.1, -0.05) is 45.4 Å². The van der Waals surface area contributed by atoms with Gasteiger partial charge in [0.05, 0.1) is 16.7 Å². The van der Waals surface area contributed by atoms with Crippen molar-refractivity contribution in [1.82, 2.24) is 9.55 Å². The van der Waals surface area contributed by atoms with Gasteiger partial charge < -0.3 is 14.8 Å². The van der Waals surface area contributed by atoms with Gasteiger partial charge in [-0.15, -0.1) is 0 Å². The number of para-hydroxylation sites is 1. The largest absolute Gasteiger partial charge is 0.370 e. The smallest absolute Gasteiger partial charge is 0.208 e. The number of fused-ring (bicyclic) bond motifs is 1. The summed E-state index contributed by atoms with van der Waals surface area (Å²) in [6.45, 7) is 10.9. The Kier molecular flexibility index (Phi) is 7.07. The van der Waals surface area contributed by atoms with E-state index < -0.39 is 0 Å². The Morgan fingerprint density at radius 1 is 1.00 bits per heavy atom. The van der Waals surface area contributed by atoms with Crippen LogP contribution in [0.5, 0.6) is 0 Å². The van der Waals surface area contributed by atoms with E-state index in [9.17, 15) is 0 Å². The summed E-state index contributed by atoms with van der Waals surface area (Å²) in [6.07, 6.45) is 4.10. The number of nitrogens with zero attached hydrogens (tertiary/aromatic N) is 3. The first-order chi connectivity index (χ1) is 14.0. The van der Waals surface area contributed by atoms with Gasteiger partial charge in [-0.3, -0.25) is 0 Å². The van der Waals surface area contributed by atoms with E-state index in [-0.39, 0.29) is 0 Å². The summed E-state index contributed by atoms with van der Waals surface area (Å²) in [4.78, 5) is 7.41. The Balaban J connectivity index is 2.09. The van der Waals surface area contributed by atoms with Crippen molar-refractivity contribution in [2.75, 3.05) is 23.3 Å². The van der Waals surface area contributed by atoms with E-state index in [2.05, 4.69) is 79.9 Å². The molecule has 0 saturated carbocycles. The van der Waals surface area contributed by atoms with E-state index >= 15 is 0 Å². The monoisotopic (exact) mass is 412 g/mol. The third-order valence-corrected chi connectivity index (χ3v) is 5.68. The zero-order valence-electron chi connectivity index (χ0n) is 18.3. The highest BCUT2D eigenvalue weighted by atomic mass is 35.5. The minimum atomic E-state index is 0.798. The van der Waals surface area contributed by atoms with Crippen LogP contribution >= 0.6 is 11.6 Å². The van der Waals surface area contributed by atoms with Crippen LogP contribution in [0.25, 0.3) is 11.0 Å². The first-order valence-electron chi connectivity index (χ1n) is 10.8. The molecule has 0 fully saturated rings. The van der Waals surface area contributed by atoms with Crippen LogP contribution in [0.15, 0.2) is 30.3 Å². The van der Waals surface area contributed by atoms with E-state index in [1.54, 1.807) is 0 Å². The molecular weight excluding hydrogens is 380 g/mol. The van der Waals surface area contributed by atoms with Gasteiger partial charge in [-0.05, 0) is 61.1 Å². The van der Waals surface area contributed by atoms with E-state index in [4.69, 9.17) is 16.6 Å². The molecule has 0 radical (unpaired) electrons. The average Bonchev–Trinajstić information content (AvgIpc) is 3.04. The molecule has 0 spiro atoms. The molecule has 4 nitrogen and oxygen atoms in total.